The van der Waals surface area contributed by atoms with Gasteiger partial charge >= 0.3 is 5.97 Å². The first kappa shape index (κ1) is 15.9. The van der Waals surface area contributed by atoms with E-state index < -0.39 is 5.97 Å². The smallest absolute Gasteiger partial charge is 0.349 e. The molecule has 2 rings (SSSR count). The maximum atomic E-state index is 11.2. The van der Waals surface area contributed by atoms with Crippen LogP contribution in [0.2, 0.25) is 0 Å². The van der Waals surface area contributed by atoms with Crippen molar-refractivity contribution in [2.75, 3.05) is 12.4 Å². The first-order valence-corrected chi connectivity index (χ1v) is 8.58. The van der Waals surface area contributed by atoms with Gasteiger partial charge < -0.3 is 9.84 Å². The fourth-order valence-electron chi connectivity index (χ4n) is 1.80. The quantitative estimate of drug-likeness (QED) is 0.603. The lowest BCUT2D eigenvalue weighted by atomic mass is 10.2. The van der Waals surface area contributed by atoms with Crippen LogP contribution in [0.5, 0.6) is 5.75 Å². The highest BCUT2D eigenvalue weighted by molar-refractivity contribution is 7.99. The van der Waals surface area contributed by atoms with E-state index in [1.807, 2.05) is 13.0 Å². The van der Waals surface area contributed by atoms with E-state index in [-0.39, 0.29) is 0 Å². The molecule has 112 valence electrons. The lowest BCUT2D eigenvalue weighted by molar-refractivity contribution is 0.0698. The maximum Gasteiger partial charge on any atom is 0.349 e. The number of carboxylic acids is 1. The molecule has 21 heavy (non-hydrogen) atoms. The molecule has 2 aromatic rings. The van der Waals surface area contributed by atoms with Gasteiger partial charge in [0.25, 0.3) is 0 Å². The van der Waals surface area contributed by atoms with Crippen LogP contribution in [-0.2, 0) is 6.42 Å². The summed E-state index contributed by atoms with van der Waals surface area (Å²) >= 11 is 3.00. The average Bonchev–Trinajstić information content (AvgIpc) is 2.89. The van der Waals surface area contributed by atoms with Crippen LogP contribution in [0.1, 0.15) is 27.0 Å². The third kappa shape index (κ3) is 4.51. The monoisotopic (exact) mass is 322 g/mol. The van der Waals surface area contributed by atoms with Crippen molar-refractivity contribution in [3.63, 3.8) is 0 Å². The highest BCUT2D eigenvalue weighted by Gasteiger charge is 2.15. The summed E-state index contributed by atoms with van der Waals surface area (Å²) in [5.74, 6) is 0.370. The zero-order valence-corrected chi connectivity index (χ0v) is 13.7. The molecule has 1 N–H and O–H groups in total. The van der Waals surface area contributed by atoms with E-state index in [0.717, 1.165) is 17.1 Å². The van der Waals surface area contributed by atoms with Gasteiger partial charge in [-0.05, 0) is 31.5 Å². The van der Waals surface area contributed by atoms with Crippen molar-refractivity contribution in [1.29, 1.82) is 0 Å². The van der Waals surface area contributed by atoms with Gasteiger partial charge in [0.2, 0.25) is 0 Å². The zero-order chi connectivity index (χ0) is 15.2. The van der Waals surface area contributed by atoms with Crippen LogP contribution in [0.4, 0.5) is 0 Å². The molecule has 0 unspecified atom stereocenters. The molecule has 0 aliphatic heterocycles. The minimum absolute atomic E-state index is 0.298. The van der Waals surface area contributed by atoms with Crippen LogP contribution in [0.3, 0.4) is 0 Å². The molecule has 0 aliphatic carbocycles. The number of thiophene rings is 1. The molecular weight excluding hydrogens is 304 g/mol. The van der Waals surface area contributed by atoms with Crippen LogP contribution in [-0.4, -0.2) is 23.4 Å². The van der Waals surface area contributed by atoms with E-state index >= 15 is 0 Å². The van der Waals surface area contributed by atoms with E-state index in [9.17, 15) is 4.79 Å². The summed E-state index contributed by atoms with van der Waals surface area (Å²) in [6, 6.07) is 10.2. The molecule has 3 nitrogen and oxygen atoms in total. The Labute approximate surface area is 133 Å². The number of rotatable bonds is 7. The first-order chi connectivity index (χ1) is 10.1. The van der Waals surface area contributed by atoms with Gasteiger partial charge in [0.15, 0.2) is 4.88 Å². The molecule has 0 amide bonds. The Morgan fingerprint density at radius 2 is 2.05 bits per heavy atom. The highest BCUT2D eigenvalue weighted by atomic mass is 32.2. The fourth-order valence-corrected chi connectivity index (χ4v) is 3.41. The van der Waals surface area contributed by atoms with Gasteiger partial charge in [0.05, 0.1) is 6.61 Å². The third-order valence-electron chi connectivity index (χ3n) is 2.92. The van der Waals surface area contributed by atoms with Gasteiger partial charge in [-0.15, -0.1) is 23.1 Å². The summed E-state index contributed by atoms with van der Waals surface area (Å²) in [6.45, 7) is 4.57. The molecule has 0 saturated heterocycles. The average molecular weight is 322 g/mol. The molecule has 0 aliphatic rings. The fraction of sp³-hybridized carbons (Fsp3) is 0.312. The normalized spacial score (nSPS) is 10.6. The number of benzene rings is 1. The van der Waals surface area contributed by atoms with Crippen LogP contribution < -0.4 is 4.74 Å². The van der Waals surface area contributed by atoms with E-state index in [1.165, 1.54) is 21.8 Å². The Balaban J connectivity index is 1.87. The molecule has 0 radical (unpaired) electrons. The molecule has 0 atom stereocenters. The van der Waals surface area contributed by atoms with Crippen LogP contribution in [0.25, 0.3) is 0 Å². The van der Waals surface area contributed by atoms with Crippen LogP contribution in [0.15, 0.2) is 35.2 Å². The number of aromatic carboxylic acids is 1. The summed E-state index contributed by atoms with van der Waals surface area (Å²) < 4.78 is 5.64. The highest BCUT2D eigenvalue weighted by Crippen LogP contribution is 2.30. The zero-order valence-electron chi connectivity index (χ0n) is 12.1. The summed E-state index contributed by atoms with van der Waals surface area (Å²) in [4.78, 5) is 13.7. The molecular formula is C16H18O3S2. The summed E-state index contributed by atoms with van der Waals surface area (Å²) in [7, 11) is 0. The second-order valence-electron chi connectivity index (χ2n) is 4.57. The lowest BCUT2D eigenvalue weighted by Gasteiger charge is -2.05. The Morgan fingerprint density at radius 1 is 1.33 bits per heavy atom. The van der Waals surface area contributed by atoms with E-state index in [0.29, 0.717) is 17.2 Å². The molecule has 1 aromatic carbocycles. The second-order valence-corrected chi connectivity index (χ2v) is 6.88. The minimum Gasteiger partial charge on any atom is -0.491 e. The second kappa shape index (κ2) is 7.52. The lowest BCUT2D eigenvalue weighted by Crippen LogP contribution is -2.03. The van der Waals surface area contributed by atoms with E-state index in [2.05, 4.69) is 31.2 Å². The Morgan fingerprint density at radius 3 is 2.67 bits per heavy atom. The standard InChI is InChI=1S/C16H18O3S2/c1-3-12-10-14(15(21-12)16(17)18)19-8-9-20-13-6-4-11(2)5-7-13/h4-7,10H,3,8-9H2,1-2H3,(H,17,18). The number of hydrogen-bond donors (Lipinski definition) is 1. The molecule has 0 bridgehead atoms. The Kier molecular flexibility index (Phi) is 5.70. The SMILES string of the molecule is CCc1cc(OCCSc2ccc(C)cc2)c(C(=O)O)s1. The van der Waals surface area contributed by atoms with E-state index in [1.54, 1.807) is 11.8 Å². The summed E-state index contributed by atoms with van der Waals surface area (Å²) in [5, 5.41) is 9.16. The summed E-state index contributed by atoms with van der Waals surface area (Å²) in [5.41, 5.74) is 1.24. The molecule has 1 aromatic heterocycles. The molecule has 0 saturated carbocycles. The van der Waals surface area contributed by atoms with Crippen LogP contribution >= 0.6 is 23.1 Å². The first-order valence-electron chi connectivity index (χ1n) is 6.78. The number of hydrogen-bond acceptors (Lipinski definition) is 4. The largest absolute Gasteiger partial charge is 0.491 e. The van der Waals surface area contributed by atoms with Crippen molar-refractivity contribution >= 4 is 29.1 Å². The number of carbonyl (C=O) groups is 1. The summed E-state index contributed by atoms with van der Waals surface area (Å²) in [6.07, 6.45) is 0.826. The van der Waals surface area contributed by atoms with Crippen molar-refractivity contribution in [3.8, 4) is 5.75 Å². The Hall–Kier alpha value is -1.46. The molecule has 0 fully saturated rings. The van der Waals surface area contributed by atoms with Crippen molar-refractivity contribution in [1.82, 2.24) is 0 Å². The van der Waals surface area contributed by atoms with E-state index in [4.69, 9.17) is 9.84 Å². The topological polar surface area (TPSA) is 46.5 Å². The van der Waals surface area contributed by atoms with Gasteiger partial charge in [0, 0.05) is 15.5 Å². The van der Waals surface area contributed by atoms with Gasteiger partial charge in [-0.2, -0.15) is 0 Å². The number of aryl methyl sites for hydroxylation is 2. The van der Waals surface area contributed by atoms with Gasteiger partial charge in [0.1, 0.15) is 5.75 Å². The molecule has 0 spiro atoms. The molecule has 5 heteroatoms. The van der Waals surface area contributed by atoms with Crippen molar-refractivity contribution in [2.45, 2.75) is 25.2 Å². The van der Waals surface area contributed by atoms with Crippen molar-refractivity contribution in [2.24, 2.45) is 0 Å². The number of carboxylic acid groups (broad SMARTS) is 1. The van der Waals surface area contributed by atoms with Crippen molar-refractivity contribution < 1.29 is 14.6 Å². The van der Waals surface area contributed by atoms with Gasteiger partial charge in [-0.1, -0.05) is 24.6 Å². The van der Waals surface area contributed by atoms with Gasteiger partial charge in [-0.3, -0.25) is 0 Å². The predicted octanol–water partition coefficient (Wildman–Crippen LogP) is 4.49. The number of ether oxygens (including phenoxy) is 1. The van der Waals surface area contributed by atoms with Crippen molar-refractivity contribution in [3.05, 3.63) is 45.6 Å². The maximum absolute atomic E-state index is 11.2. The third-order valence-corrected chi connectivity index (χ3v) is 5.15. The number of thioether (sulfide) groups is 1. The minimum atomic E-state index is -0.916. The predicted molar refractivity (Wildman–Crippen MR) is 88.1 cm³/mol. The van der Waals surface area contributed by atoms with Gasteiger partial charge in [-0.25, -0.2) is 4.79 Å². The van der Waals surface area contributed by atoms with Crippen LogP contribution in [0, 0.1) is 6.92 Å². The Bertz CT molecular complexity index is 602. The molecule has 1 heterocycles.